The van der Waals surface area contributed by atoms with Gasteiger partial charge in [-0.3, -0.25) is 13.9 Å². The first-order valence-corrected chi connectivity index (χ1v) is 16.2. The highest BCUT2D eigenvalue weighted by atomic mass is 32.2. The van der Waals surface area contributed by atoms with Crippen LogP contribution in [0.3, 0.4) is 0 Å². The molecule has 0 aliphatic heterocycles. The first-order valence-electron chi connectivity index (χ1n) is 13.0. The Hall–Kier alpha value is -1.85. The minimum Gasteiger partial charge on any atom is -0.388 e. The molecule has 10 heteroatoms. The molecule has 4 unspecified atom stereocenters. The molecule has 0 radical (unpaired) electrons. The number of Topliss-reactive ketones (excluding diaryl/α,β-unsaturated/α-hetero) is 1. The molecule has 4 bridgehead atoms. The number of ketones is 1. The van der Waals surface area contributed by atoms with Gasteiger partial charge in [-0.15, -0.1) is 0 Å². The monoisotopic (exact) mass is 564 g/mol. The summed E-state index contributed by atoms with van der Waals surface area (Å²) in [4.78, 5) is 13.4. The van der Waals surface area contributed by atoms with Crippen molar-refractivity contribution in [1.82, 2.24) is 0 Å². The quantitative estimate of drug-likeness (QED) is 0.347. The molecular weight excluding hydrogens is 528 g/mol. The maximum Gasteiger partial charge on any atom is 0.265 e. The third-order valence-corrected chi connectivity index (χ3v) is 12.5. The van der Waals surface area contributed by atoms with Gasteiger partial charge in [-0.2, -0.15) is 16.8 Å². The average molecular weight is 565 g/mol. The normalized spacial score (nSPS) is 37.6. The molecule has 1 aromatic rings. The van der Waals surface area contributed by atoms with Gasteiger partial charge in [0.05, 0.1) is 23.0 Å². The summed E-state index contributed by atoms with van der Waals surface area (Å²) in [7, 11) is -8.59. The fourth-order valence-electron chi connectivity index (χ4n) is 8.51. The summed E-state index contributed by atoms with van der Waals surface area (Å²) in [5.41, 5.74) is -0.156. The molecule has 0 saturated heterocycles. The zero-order chi connectivity index (χ0) is 28.1. The van der Waals surface area contributed by atoms with Gasteiger partial charge in [0.1, 0.15) is 0 Å². The number of carbonyl (C=O) groups excluding carboxylic acids is 1. The Morgan fingerprint density at radius 3 is 1.89 bits per heavy atom. The Morgan fingerprint density at radius 2 is 1.34 bits per heavy atom. The summed E-state index contributed by atoms with van der Waals surface area (Å²) < 4.78 is 66.3. The number of hydrogen-bond acceptors (Lipinski definition) is 6. The van der Waals surface area contributed by atoms with E-state index in [1.54, 1.807) is 0 Å². The van der Waals surface area contributed by atoms with Crippen molar-refractivity contribution in [1.29, 1.82) is 0 Å². The predicted molar refractivity (Wildman–Crippen MR) is 144 cm³/mol. The second kappa shape index (κ2) is 8.33. The van der Waals surface area contributed by atoms with Crippen LogP contribution < -0.4 is 0 Å². The van der Waals surface area contributed by atoms with Crippen molar-refractivity contribution in [3.63, 3.8) is 0 Å². The standard InChI is InChI=1S/C28H36O8S2/c1-25(2)21-9-11-27(25,15-37(31,32)33)23(29)19(21)13-17-5-7-18(8-6-17)14-20-22-10-12-28(24(20)30,26(22,3)4)16-38(34,35)36/h5-8,13-14,21-23,29H,9-12,15-16H2,1-4H3,(H,31,32,33)(H,34,35,36)/b19-13+,20-14+/t21?,22?,23-,27?,28?/m0/s1. The van der Waals surface area contributed by atoms with Crippen LogP contribution in [0.25, 0.3) is 12.2 Å². The van der Waals surface area contributed by atoms with Crippen molar-refractivity contribution in [2.24, 2.45) is 33.5 Å². The van der Waals surface area contributed by atoms with Crippen LogP contribution in [0, 0.1) is 33.5 Å². The summed E-state index contributed by atoms with van der Waals surface area (Å²) in [5.74, 6) is -1.35. The average Bonchev–Trinajstić information content (AvgIpc) is 3.27. The molecule has 0 heterocycles. The molecule has 0 aromatic heterocycles. The number of carbonyl (C=O) groups is 1. The van der Waals surface area contributed by atoms with Gasteiger partial charge in [0.2, 0.25) is 0 Å². The lowest BCUT2D eigenvalue weighted by Gasteiger charge is -2.39. The van der Waals surface area contributed by atoms with Gasteiger partial charge < -0.3 is 5.11 Å². The zero-order valence-corrected chi connectivity index (χ0v) is 23.8. The Morgan fingerprint density at radius 1 is 0.816 bits per heavy atom. The summed E-state index contributed by atoms with van der Waals surface area (Å²) in [6, 6.07) is 7.47. The lowest BCUT2D eigenvalue weighted by Crippen LogP contribution is -2.44. The Balaban J connectivity index is 1.43. The van der Waals surface area contributed by atoms with Crippen LogP contribution in [0.1, 0.15) is 64.5 Å². The molecule has 4 saturated carbocycles. The predicted octanol–water partition coefficient (Wildman–Crippen LogP) is 4.03. The molecule has 8 nitrogen and oxygen atoms in total. The van der Waals surface area contributed by atoms with Gasteiger partial charge in [0, 0.05) is 11.0 Å². The molecule has 4 aliphatic rings. The van der Waals surface area contributed by atoms with Gasteiger partial charge in [0.15, 0.2) is 5.78 Å². The van der Waals surface area contributed by atoms with Gasteiger partial charge in [-0.25, -0.2) is 0 Å². The van der Waals surface area contributed by atoms with E-state index in [2.05, 4.69) is 0 Å². The van der Waals surface area contributed by atoms with Crippen LogP contribution in [-0.2, 0) is 25.0 Å². The molecule has 0 spiro atoms. The molecular formula is C28H36O8S2. The van der Waals surface area contributed by atoms with E-state index in [0.29, 0.717) is 24.8 Å². The first-order chi connectivity index (χ1) is 17.3. The fourth-order valence-corrected chi connectivity index (χ4v) is 11.1. The maximum absolute atomic E-state index is 13.4. The van der Waals surface area contributed by atoms with E-state index in [-0.39, 0.29) is 17.6 Å². The van der Waals surface area contributed by atoms with E-state index < -0.39 is 59.5 Å². The van der Waals surface area contributed by atoms with Crippen LogP contribution in [0.15, 0.2) is 35.4 Å². The highest BCUT2D eigenvalue weighted by molar-refractivity contribution is 7.86. The molecule has 1 aromatic carbocycles. The van der Waals surface area contributed by atoms with E-state index >= 15 is 0 Å². The fraction of sp³-hybridized carbons (Fsp3) is 0.607. The number of fused-ring (bicyclic) bond motifs is 4. The first kappa shape index (κ1) is 27.7. The van der Waals surface area contributed by atoms with Crippen LogP contribution >= 0.6 is 0 Å². The Kier molecular flexibility index (Phi) is 6.07. The summed E-state index contributed by atoms with van der Waals surface area (Å²) in [6.07, 6.45) is 5.11. The number of aliphatic hydroxyl groups excluding tert-OH is 1. The third kappa shape index (κ3) is 3.90. The minimum atomic E-state index is -4.32. The summed E-state index contributed by atoms with van der Waals surface area (Å²) in [6.45, 7) is 7.72. The SMILES string of the molecule is CC1(C)C2CCC1(CS(=O)(=O)O)C(=O)/C2=C/c1ccc(/C=C2\C3CCC(CS(=O)(=O)O)([C@H]2O)C3(C)C)cc1. The van der Waals surface area contributed by atoms with Gasteiger partial charge in [-0.05, 0) is 71.1 Å². The molecule has 4 aliphatic carbocycles. The molecule has 3 N–H and O–H groups in total. The second-order valence-electron chi connectivity index (χ2n) is 13.0. The van der Waals surface area contributed by atoms with Crippen LogP contribution in [0.5, 0.6) is 0 Å². The highest BCUT2D eigenvalue weighted by Crippen LogP contribution is 2.68. The summed E-state index contributed by atoms with van der Waals surface area (Å²) >= 11 is 0. The van der Waals surface area contributed by atoms with Crippen molar-refractivity contribution in [2.75, 3.05) is 11.5 Å². The van der Waals surface area contributed by atoms with Crippen molar-refractivity contribution >= 4 is 38.2 Å². The molecule has 38 heavy (non-hydrogen) atoms. The van der Waals surface area contributed by atoms with E-state index in [0.717, 1.165) is 23.1 Å². The van der Waals surface area contributed by atoms with Gasteiger partial charge in [0.25, 0.3) is 20.2 Å². The van der Waals surface area contributed by atoms with Crippen LogP contribution in [0.2, 0.25) is 0 Å². The molecule has 0 amide bonds. The minimum absolute atomic E-state index is 0.00562. The van der Waals surface area contributed by atoms with Crippen molar-refractivity contribution in [3.05, 3.63) is 46.5 Å². The van der Waals surface area contributed by atoms with Crippen LogP contribution in [0.4, 0.5) is 0 Å². The Bertz CT molecular complexity index is 1470. The molecule has 4 fully saturated rings. The van der Waals surface area contributed by atoms with E-state index in [1.807, 2.05) is 64.1 Å². The topological polar surface area (TPSA) is 146 Å². The van der Waals surface area contributed by atoms with Crippen molar-refractivity contribution in [3.8, 4) is 0 Å². The largest absolute Gasteiger partial charge is 0.388 e. The lowest BCUT2D eigenvalue weighted by molar-refractivity contribution is -0.125. The van der Waals surface area contributed by atoms with Crippen molar-refractivity contribution in [2.45, 2.75) is 59.5 Å². The smallest absolute Gasteiger partial charge is 0.265 e. The van der Waals surface area contributed by atoms with E-state index in [4.69, 9.17) is 0 Å². The van der Waals surface area contributed by atoms with E-state index in [1.165, 1.54) is 0 Å². The zero-order valence-electron chi connectivity index (χ0n) is 22.1. The lowest BCUT2D eigenvalue weighted by atomic mass is 9.70. The number of rotatable bonds is 6. The molecule has 208 valence electrons. The third-order valence-electron chi connectivity index (χ3n) is 10.8. The number of benzene rings is 1. The summed E-state index contributed by atoms with van der Waals surface area (Å²) in [5, 5.41) is 11.2. The van der Waals surface area contributed by atoms with E-state index in [9.17, 15) is 35.8 Å². The number of aliphatic hydroxyl groups is 1. The maximum atomic E-state index is 13.4. The second-order valence-corrected chi connectivity index (χ2v) is 15.9. The number of allylic oxidation sites excluding steroid dienone is 1. The van der Waals surface area contributed by atoms with Crippen LogP contribution in [-0.4, -0.2) is 54.4 Å². The molecule has 5 rings (SSSR count). The van der Waals surface area contributed by atoms with Crippen molar-refractivity contribution < 1.29 is 35.8 Å². The number of hydrogen-bond donors (Lipinski definition) is 3. The van der Waals surface area contributed by atoms with Gasteiger partial charge in [-0.1, -0.05) is 58.0 Å². The molecule has 5 atom stereocenters. The Labute approximate surface area is 224 Å². The highest BCUT2D eigenvalue weighted by Gasteiger charge is 2.68. The van der Waals surface area contributed by atoms with Gasteiger partial charge >= 0.3 is 0 Å².